The Hall–Kier alpha value is -1.33. The number of rotatable bonds is 6. The van der Waals surface area contributed by atoms with Crippen molar-refractivity contribution in [1.29, 1.82) is 0 Å². The summed E-state index contributed by atoms with van der Waals surface area (Å²) in [6.07, 6.45) is 3.63. The van der Waals surface area contributed by atoms with Crippen LogP contribution in [0.15, 0.2) is 18.3 Å². The highest BCUT2D eigenvalue weighted by Crippen LogP contribution is 2.22. The molecule has 2 heterocycles. The Bertz CT molecular complexity index is 541. The van der Waals surface area contributed by atoms with Gasteiger partial charge in [-0.2, -0.15) is 0 Å². The lowest BCUT2D eigenvalue weighted by Gasteiger charge is -2.07. The van der Waals surface area contributed by atoms with Gasteiger partial charge in [0, 0.05) is 24.7 Å². The van der Waals surface area contributed by atoms with Crippen molar-refractivity contribution in [3.63, 3.8) is 0 Å². The van der Waals surface area contributed by atoms with Gasteiger partial charge in [0.15, 0.2) is 5.13 Å². The van der Waals surface area contributed by atoms with Crippen LogP contribution in [0.3, 0.4) is 0 Å². The molecular formula is C13H17ClN4S. The molecule has 19 heavy (non-hydrogen) atoms. The summed E-state index contributed by atoms with van der Waals surface area (Å²) in [4.78, 5) is 10.0. The Balaban J connectivity index is 2.03. The summed E-state index contributed by atoms with van der Waals surface area (Å²) < 4.78 is 0. The molecule has 2 aromatic rings. The number of anilines is 2. The van der Waals surface area contributed by atoms with Gasteiger partial charge in [-0.1, -0.05) is 11.6 Å². The first-order chi connectivity index (χ1) is 9.22. The molecule has 2 N–H and O–H groups in total. The molecule has 102 valence electrons. The first-order valence-corrected chi connectivity index (χ1v) is 7.44. The lowest BCUT2D eigenvalue weighted by molar-refractivity contribution is 0.924. The molecule has 6 heteroatoms. The minimum atomic E-state index is 0.722. The molecule has 0 unspecified atom stereocenters. The Kier molecular flexibility index (Phi) is 4.99. The number of hydrogen-bond acceptors (Lipinski definition) is 5. The number of hydrogen-bond donors (Lipinski definition) is 2. The van der Waals surface area contributed by atoms with E-state index in [2.05, 4.69) is 20.6 Å². The van der Waals surface area contributed by atoms with Gasteiger partial charge in [0.25, 0.3) is 0 Å². The molecule has 2 rings (SSSR count). The van der Waals surface area contributed by atoms with Crippen LogP contribution >= 0.6 is 22.9 Å². The Morgan fingerprint density at radius 3 is 2.84 bits per heavy atom. The number of thiazole rings is 1. The summed E-state index contributed by atoms with van der Waals surface area (Å²) in [5.74, 6) is 0.877. The fourth-order valence-corrected chi connectivity index (χ4v) is 2.68. The summed E-state index contributed by atoms with van der Waals surface area (Å²) in [5, 5.41) is 7.90. The topological polar surface area (TPSA) is 49.8 Å². The molecule has 0 aromatic carbocycles. The van der Waals surface area contributed by atoms with Crippen LogP contribution in [0, 0.1) is 0 Å². The Morgan fingerprint density at radius 2 is 2.16 bits per heavy atom. The number of aryl methyl sites for hydroxylation is 2. The molecule has 0 spiro atoms. The van der Waals surface area contributed by atoms with Gasteiger partial charge >= 0.3 is 0 Å². The first-order valence-electron chi connectivity index (χ1n) is 6.24. The molecule has 0 fully saturated rings. The van der Waals surface area contributed by atoms with E-state index in [4.69, 9.17) is 11.6 Å². The largest absolute Gasteiger partial charge is 0.370 e. The molecule has 0 radical (unpaired) electrons. The van der Waals surface area contributed by atoms with Gasteiger partial charge in [0.05, 0.1) is 10.7 Å². The van der Waals surface area contributed by atoms with Crippen molar-refractivity contribution >= 4 is 33.9 Å². The van der Waals surface area contributed by atoms with Crippen LogP contribution in [-0.4, -0.2) is 23.6 Å². The quantitative estimate of drug-likeness (QED) is 0.857. The molecule has 0 aliphatic heterocycles. The number of halogens is 1. The zero-order chi connectivity index (χ0) is 13.7. The lowest BCUT2D eigenvalue weighted by atomic mass is 10.2. The first kappa shape index (κ1) is 14.1. The van der Waals surface area contributed by atoms with Crippen LogP contribution in [0.2, 0.25) is 5.02 Å². The van der Waals surface area contributed by atoms with Gasteiger partial charge in [-0.25, -0.2) is 9.97 Å². The normalized spacial score (nSPS) is 10.5. The fraction of sp³-hybridized carbons (Fsp3) is 0.385. The number of nitrogens with zero attached hydrogens (tertiary/aromatic N) is 2. The third-order valence-corrected chi connectivity index (χ3v) is 4.07. The van der Waals surface area contributed by atoms with E-state index in [0.29, 0.717) is 0 Å². The summed E-state index contributed by atoms with van der Waals surface area (Å²) in [7, 11) is 1.88. The van der Waals surface area contributed by atoms with E-state index in [1.54, 1.807) is 11.3 Å². The average Bonchev–Trinajstić information content (AvgIpc) is 2.88. The minimum Gasteiger partial charge on any atom is -0.370 e. The van der Waals surface area contributed by atoms with Crippen molar-refractivity contribution in [2.24, 2.45) is 0 Å². The maximum Gasteiger partial charge on any atom is 0.182 e. The molecule has 0 amide bonds. The molecule has 0 aliphatic carbocycles. The van der Waals surface area contributed by atoms with Crippen LogP contribution < -0.4 is 10.6 Å². The molecular weight excluding hydrogens is 280 g/mol. The van der Waals surface area contributed by atoms with Gasteiger partial charge in [0.1, 0.15) is 5.82 Å². The van der Waals surface area contributed by atoms with Gasteiger partial charge in [-0.05, 0) is 31.9 Å². The van der Waals surface area contributed by atoms with Crippen molar-refractivity contribution in [2.45, 2.75) is 19.8 Å². The van der Waals surface area contributed by atoms with E-state index in [1.807, 2.05) is 32.3 Å². The second-order valence-corrected chi connectivity index (χ2v) is 5.56. The van der Waals surface area contributed by atoms with E-state index in [0.717, 1.165) is 41.1 Å². The van der Waals surface area contributed by atoms with Crippen LogP contribution in [0.5, 0.6) is 0 Å². The summed E-state index contributed by atoms with van der Waals surface area (Å²) in [6.45, 7) is 2.90. The van der Waals surface area contributed by atoms with E-state index in [9.17, 15) is 0 Å². The Labute approximate surface area is 122 Å². The molecule has 0 saturated carbocycles. The predicted octanol–water partition coefficient (Wildman–Crippen LogP) is 3.45. The van der Waals surface area contributed by atoms with Gasteiger partial charge in [0.2, 0.25) is 0 Å². The van der Waals surface area contributed by atoms with Crippen molar-refractivity contribution in [3.05, 3.63) is 33.9 Å². The smallest absolute Gasteiger partial charge is 0.182 e. The van der Waals surface area contributed by atoms with Crippen molar-refractivity contribution in [1.82, 2.24) is 9.97 Å². The van der Waals surface area contributed by atoms with Crippen LogP contribution in [0.25, 0.3) is 0 Å². The van der Waals surface area contributed by atoms with Crippen molar-refractivity contribution in [3.8, 4) is 0 Å². The number of nitrogens with one attached hydrogen (secondary N) is 2. The fourth-order valence-electron chi connectivity index (χ4n) is 1.72. The molecule has 2 aromatic heterocycles. The van der Waals surface area contributed by atoms with Crippen LogP contribution in [0.1, 0.15) is 17.5 Å². The zero-order valence-corrected chi connectivity index (χ0v) is 12.6. The molecule has 4 nitrogen and oxygen atoms in total. The van der Waals surface area contributed by atoms with E-state index >= 15 is 0 Å². The summed E-state index contributed by atoms with van der Waals surface area (Å²) in [5.41, 5.74) is 0.930. The standard InChI is InChI=1S/C13H17ClN4S/c1-3-16-12-7-5-10(14)11(18-12)6-4-9-8-17-13(15-2)19-9/h5,7-8H,3-4,6H2,1-2H3,(H,15,17)(H,16,18). The lowest BCUT2D eigenvalue weighted by Crippen LogP contribution is -2.02. The van der Waals surface area contributed by atoms with E-state index in [1.165, 1.54) is 4.88 Å². The zero-order valence-electron chi connectivity index (χ0n) is 11.0. The maximum absolute atomic E-state index is 6.18. The predicted molar refractivity (Wildman–Crippen MR) is 82.5 cm³/mol. The van der Waals surface area contributed by atoms with Crippen LogP contribution in [0.4, 0.5) is 10.9 Å². The minimum absolute atomic E-state index is 0.722. The number of aromatic nitrogens is 2. The molecule has 0 aliphatic rings. The Morgan fingerprint density at radius 1 is 1.32 bits per heavy atom. The highest BCUT2D eigenvalue weighted by molar-refractivity contribution is 7.15. The average molecular weight is 297 g/mol. The molecule has 0 bridgehead atoms. The maximum atomic E-state index is 6.18. The molecule has 0 saturated heterocycles. The van der Waals surface area contributed by atoms with Crippen molar-refractivity contribution in [2.75, 3.05) is 24.2 Å². The molecule has 0 atom stereocenters. The van der Waals surface area contributed by atoms with Gasteiger partial charge < -0.3 is 10.6 Å². The third kappa shape index (κ3) is 3.81. The van der Waals surface area contributed by atoms with E-state index < -0.39 is 0 Å². The second-order valence-electron chi connectivity index (χ2n) is 4.04. The summed E-state index contributed by atoms with van der Waals surface area (Å²) in [6, 6.07) is 3.80. The van der Waals surface area contributed by atoms with Gasteiger partial charge in [-0.3, -0.25) is 0 Å². The second kappa shape index (κ2) is 6.73. The highest BCUT2D eigenvalue weighted by atomic mass is 35.5. The third-order valence-electron chi connectivity index (χ3n) is 2.65. The summed E-state index contributed by atoms with van der Waals surface area (Å²) >= 11 is 7.84. The van der Waals surface area contributed by atoms with Gasteiger partial charge in [-0.15, -0.1) is 11.3 Å². The van der Waals surface area contributed by atoms with E-state index in [-0.39, 0.29) is 0 Å². The highest BCUT2D eigenvalue weighted by Gasteiger charge is 2.06. The SMILES string of the molecule is CCNc1ccc(Cl)c(CCc2cnc(NC)s2)n1. The van der Waals surface area contributed by atoms with Crippen molar-refractivity contribution < 1.29 is 0 Å². The monoisotopic (exact) mass is 296 g/mol. The number of pyridine rings is 1. The van der Waals surface area contributed by atoms with Crippen LogP contribution in [-0.2, 0) is 12.8 Å².